The van der Waals surface area contributed by atoms with E-state index >= 15 is 0 Å². The Bertz CT molecular complexity index is 324. The first-order valence-electron chi connectivity index (χ1n) is 4.47. The van der Waals surface area contributed by atoms with E-state index in [0.29, 0.717) is 0 Å². The molecule has 0 saturated carbocycles. The highest BCUT2D eigenvalue weighted by atomic mass is 28.3. The molecule has 1 rings (SSSR count). The number of hydrogen-bond donors (Lipinski definition) is 0. The van der Waals surface area contributed by atoms with Crippen LogP contribution in [-0.2, 0) is 0 Å². The van der Waals surface area contributed by atoms with E-state index in [-0.39, 0.29) is 0 Å². The molecule has 0 atom stereocenters. The van der Waals surface area contributed by atoms with Crippen LogP contribution in [0, 0.1) is 0 Å². The van der Waals surface area contributed by atoms with Gasteiger partial charge in [-0.2, -0.15) is 0 Å². The van der Waals surface area contributed by atoms with Gasteiger partial charge in [-0.25, -0.2) is 0 Å². The molecule has 0 bridgehead atoms. The van der Waals surface area contributed by atoms with Gasteiger partial charge in [-0.1, -0.05) is 55.7 Å². The van der Waals surface area contributed by atoms with Gasteiger partial charge in [-0.05, 0) is 10.8 Å². The first-order valence-corrected chi connectivity index (χ1v) is 7.55. The summed E-state index contributed by atoms with van der Waals surface area (Å²) in [5, 5.41) is 1.42. The van der Waals surface area contributed by atoms with Crippen molar-refractivity contribution in [2.24, 2.45) is 0 Å². The van der Waals surface area contributed by atoms with Crippen molar-refractivity contribution in [2.75, 3.05) is 0 Å². The fourth-order valence-electron chi connectivity index (χ4n) is 1.37. The van der Waals surface area contributed by atoms with Crippen molar-refractivity contribution in [1.82, 2.24) is 0 Å². The molecule has 1 aromatic carbocycles. The lowest BCUT2D eigenvalue weighted by Crippen LogP contribution is -2.40. The second kappa shape index (κ2) is 3.75. The summed E-state index contributed by atoms with van der Waals surface area (Å²) in [5.74, 6) is 0. The van der Waals surface area contributed by atoms with Crippen LogP contribution >= 0.6 is 0 Å². The minimum absolute atomic E-state index is 1.25. The van der Waals surface area contributed by atoms with Crippen LogP contribution in [0.25, 0.3) is 6.08 Å². The maximum absolute atomic E-state index is 3.91. The van der Waals surface area contributed by atoms with Crippen molar-refractivity contribution < 1.29 is 0 Å². The van der Waals surface area contributed by atoms with Crippen molar-refractivity contribution in [3.63, 3.8) is 0 Å². The van der Waals surface area contributed by atoms with Gasteiger partial charge < -0.3 is 0 Å². The first-order chi connectivity index (χ1) is 6.11. The molecule has 0 saturated heterocycles. The minimum Gasteiger partial charge on any atom is -0.107 e. The third-order valence-electron chi connectivity index (χ3n) is 2.39. The van der Waals surface area contributed by atoms with Gasteiger partial charge in [0.1, 0.15) is 8.07 Å². The topological polar surface area (TPSA) is 0 Å². The lowest BCUT2D eigenvalue weighted by molar-refractivity contribution is 1.67. The van der Waals surface area contributed by atoms with Crippen molar-refractivity contribution in [3.8, 4) is 0 Å². The zero-order chi connectivity index (χ0) is 9.90. The molecule has 1 aromatic rings. The Labute approximate surface area is 81.6 Å². The van der Waals surface area contributed by atoms with Gasteiger partial charge in [-0.15, -0.1) is 6.58 Å². The minimum atomic E-state index is -1.43. The average Bonchev–Trinajstić information content (AvgIpc) is 2.18. The monoisotopic (exact) mass is 188 g/mol. The molecule has 0 nitrogen and oxygen atoms in total. The van der Waals surface area contributed by atoms with Crippen LogP contribution in [0.1, 0.15) is 5.56 Å². The largest absolute Gasteiger partial charge is 0.107 e. The Morgan fingerprint density at radius 3 is 2.31 bits per heavy atom. The Kier molecular flexibility index (Phi) is 2.89. The number of hydrogen-bond acceptors (Lipinski definition) is 0. The molecule has 0 radical (unpaired) electrons. The zero-order valence-electron chi connectivity index (χ0n) is 8.38. The second-order valence-corrected chi connectivity index (χ2v) is 8.11. The zero-order valence-corrected chi connectivity index (χ0v) is 9.38. The summed E-state index contributed by atoms with van der Waals surface area (Å²) < 4.78 is 0. The van der Waals surface area contributed by atoms with Crippen LogP contribution in [0.3, 0.4) is 0 Å². The van der Waals surface area contributed by atoms with Gasteiger partial charge in [0.15, 0.2) is 0 Å². The Balaban J connectivity index is 3.27. The summed E-state index contributed by atoms with van der Waals surface area (Å²) in [4.78, 5) is 0. The van der Waals surface area contributed by atoms with Gasteiger partial charge in [0.05, 0.1) is 0 Å². The van der Waals surface area contributed by atoms with Crippen LogP contribution in [0.4, 0.5) is 0 Å². The number of benzene rings is 1. The molecule has 0 unspecified atom stereocenters. The highest BCUT2D eigenvalue weighted by Crippen LogP contribution is 2.09. The van der Waals surface area contributed by atoms with Crippen molar-refractivity contribution in [1.29, 1.82) is 0 Å². The SMILES string of the molecule is C=Cc1ccccc1[Si](C)(C)C=C. The molecule has 1 heteroatoms. The molecular formula is C12H16Si. The van der Waals surface area contributed by atoms with E-state index in [4.69, 9.17) is 0 Å². The second-order valence-electron chi connectivity index (χ2n) is 3.72. The summed E-state index contributed by atoms with van der Waals surface area (Å²) >= 11 is 0. The summed E-state index contributed by atoms with van der Waals surface area (Å²) in [6.07, 6.45) is 1.92. The van der Waals surface area contributed by atoms with Crippen molar-refractivity contribution >= 4 is 19.3 Å². The van der Waals surface area contributed by atoms with E-state index < -0.39 is 8.07 Å². The van der Waals surface area contributed by atoms with Gasteiger partial charge in [0.25, 0.3) is 0 Å². The molecule has 0 aromatic heterocycles. The number of rotatable bonds is 3. The summed E-state index contributed by atoms with van der Waals surface area (Å²) in [6, 6.07) is 8.43. The standard InChI is InChI=1S/C12H16Si/c1-5-11-9-7-8-10-12(11)13(3,4)6-2/h5-10H,1-2H2,3-4H3. The summed E-state index contributed by atoms with van der Waals surface area (Å²) in [5.41, 5.74) is 3.36. The molecule has 0 amide bonds. The predicted octanol–water partition coefficient (Wildman–Crippen LogP) is 2.97. The maximum Gasteiger partial charge on any atom is 0.104 e. The van der Waals surface area contributed by atoms with E-state index in [0.717, 1.165) is 0 Å². The smallest absolute Gasteiger partial charge is 0.104 e. The van der Waals surface area contributed by atoms with Crippen LogP contribution in [0.15, 0.2) is 43.1 Å². The molecule has 0 spiro atoms. The summed E-state index contributed by atoms with van der Waals surface area (Å²) in [7, 11) is -1.43. The van der Waals surface area contributed by atoms with E-state index in [9.17, 15) is 0 Å². The molecule has 68 valence electrons. The third kappa shape index (κ3) is 1.98. The van der Waals surface area contributed by atoms with Crippen molar-refractivity contribution in [3.05, 3.63) is 48.7 Å². The molecule has 0 aliphatic heterocycles. The molecule has 0 N–H and O–H groups in total. The van der Waals surface area contributed by atoms with Gasteiger partial charge >= 0.3 is 0 Å². The van der Waals surface area contributed by atoms with E-state index in [1.165, 1.54) is 10.8 Å². The van der Waals surface area contributed by atoms with E-state index in [1.54, 1.807) is 0 Å². The normalized spacial score (nSPS) is 10.9. The van der Waals surface area contributed by atoms with E-state index in [1.807, 2.05) is 12.1 Å². The first kappa shape index (κ1) is 10.0. The van der Waals surface area contributed by atoms with Crippen LogP contribution in [0.5, 0.6) is 0 Å². The van der Waals surface area contributed by atoms with Gasteiger partial charge in [-0.3, -0.25) is 0 Å². The van der Waals surface area contributed by atoms with Crippen LogP contribution in [0.2, 0.25) is 13.1 Å². The Morgan fingerprint density at radius 1 is 1.15 bits per heavy atom. The Morgan fingerprint density at radius 2 is 1.77 bits per heavy atom. The molecule has 13 heavy (non-hydrogen) atoms. The molecule has 0 fully saturated rings. The highest BCUT2D eigenvalue weighted by Gasteiger charge is 2.20. The van der Waals surface area contributed by atoms with E-state index in [2.05, 4.69) is 50.2 Å². The van der Waals surface area contributed by atoms with Crippen LogP contribution in [-0.4, -0.2) is 8.07 Å². The lowest BCUT2D eigenvalue weighted by Gasteiger charge is -2.20. The highest BCUT2D eigenvalue weighted by molar-refractivity contribution is 6.94. The molecule has 0 aliphatic rings. The third-order valence-corrected chi connectivity index (χ3v) is 5.25. The molecular weight excluding hydrogens is 172 g/mol. The Hall–Kier alpha value is -1.08. The van der Waals surface area contributed by atoms with Gasteiger partial charge in [0, 0.05) is 0 Å². The predicted molar refractivity (Wildman–Crippen MR) is 63.8 cm³/mol. The quantitative estimate of drug-likeness (QED) is 0.640. The summed E-state index contributed by atoms with van der Waals surface area (Å²) in [6.45, 7) is 12.3. The van der Waals surface area contributed by atoms with Crippen molar-refractivity contribution in [2.45, 2.75) is 13.1 Å². The molecule has 0 aliphatic carbocycles. The molecule has 0 heterocycles. The fraction of sp³-hybridized carbons (Fsp3) is 0.167. The maximum atomic E-state index is 3.91. The average molecular weight is 188 g/mol. The fourth-order valence-corrected chi connectivity index (χ4v) is 3.05. The lowest BCUT2D eigenvalue weighted by atomic mass is 10.2. The van der Waals surface area contributed by atoms with Crippen LogP contribution < -0.4 is 5.19 Å². The van der Waals surface area contributed by atoms with Gasteiger partial charge in [0.2, 0.25) is 0 Å².